The lowest BCUT2D eigenvalue weighted by Gasteiger charge is -2.17. The maximum absolute atomic E-state index is 13.2. The molecule has 0 fully saturated rings. The van der Waals surface area contributed by atoms with Gasteiger partial charge >= 0.3 is 6.18 Å². The van der Waals surface area contributed by atoms with E-state index in [0.717, 1.165) is 18.1 Å². The van der Waals surface area contributed by atoms with Crippen molar-refractivity contribution in [3.8, 4) is 0 Å². The van der Waals surface area contributed by atoms with Crippen LogP contribution in [0.4, 0.5) is 24.5 Å². The van der Waals surface area contributed by atoms with E-state index in [4.69, 9.17) is 0 Å². The fraction of sp³-hybridized carbons (Fsp3) is 0.200. The molecule has 4 rings (SSSR count). The molecule has 3 aromatic rings. The number of hydrogen-bond donors (Lipinski definition) is 1. The molecule has 3 aromatic carbocycles. The number of fused-ring (bicyclic) bond motifs is 1. The summed E-state index contributed by atoms with van der Waals surface area (Å²) in [5.41, 5.74) is 0.886. The second-order valence-electron chi connectivity index (χ2n) is 7.88. The van der Waals surface area contributed by atoms with Gasteiger partial charge in [0.1, 0.15) is 0 Å². The van der Waals surface area contributed by atoms with Gasteiger partial charge in [0.15, 0.2) is 6.04 Å². The molecule has 1 aliphatic heterocycles. The van der Waals surface area contributed by atoms with Gasteiger partial charge in [0.25, 0.3) is 11.8 Å². The average Bonchev–Trinajstić information content (AvgIpc) is 3.15. The molecule has 0 unspecified atom stereocenters. The lowest BCUT2D eigenvalue weighted by molar-refractivity contribution is -0.136. The van der Waals surface area contributed by atoms with E-state index in [1.165, 1.54) is 12.1 Å². The SMILES string of the molecule is CN(CCc1ccccc1)C(=O)c1ccc(N=N[C@@H]2C(=O)Nc3c2cccc3C(F)(F)F)cc1. The van der Waals surface area contributed by atoms with E-state index in [1.54, 1.807) is 36.2 Å². The summed E-state index contributed by atoms with van der Waals surface area (Å²) in [4.78, 5) is 26.5. The molecule has 1 heterocycles. The molecule has 9 heteroatoms. The Morgan fingerprint density at radius 2 is 1.71 bits per heavy atom. The number of hydrogen-bond acceptors (Lipinski definition) is 4. The maximum atomic E-state index is 13.2. The number of likely N-dealkylation sites (N-methyl/N-ethyl adjacent to an activating group) is 1. The number of para-hydroxylation sites is 1. The van der Waals surface area contributed by atoms with Crippen molar-refractivity contribution in [3.05, 3.63) is 95.1 Å². The first kappa shape index (κ1) is 23.2. The number of anilines is 1. The van der Waals surface area contributed by atoms with Gasteiger partial charge in [0.05, 0.1) is 16.9 Å². The summed E-state index contributed by atoms with van der Waals surface area (Å²) < 4.78 is 39.6. The highest BCUT2D eigenvalue weighted by Crippen LogP contribution is 2.43. The zero-order valence-electron chi connectivity index (χ0n) is 18.2. The third-order valence-corrected chi connectivity index (χ3v) is 5.52. The number of rotatable bonds is 6. The minimum Gasteiger partial charge on any atom is -0.341 e. The summed E-state index contributed by atoms with van der Waals surface area (Å²) in [5.74, 6) is -0.828. The van der Waals surface area contributed by atoms with Crippen molar-refractivity contribution in [1.29, 1.82) is 0 Å². The van der Waals surface area contributed by atoms with Crippen LogP contribution in [0.1, 0.15) is 33.1 Å². The highest BCUT2D eigenvalue weighted by molar-refractivity contribution is 6.03. The highest BCUT2D eigenvalue weighted by Gasteiger charge is 2.40. The van der Waals surface area contributed by atoms with Crippen LogP contribution >= 0.6 is 0 Å². The molecule has 174 valence electrons. The molecule has 6 nitrogen and oxygen atoms in total. The summed E-state index contributed by atoms with van der Waals surface area (Å²) in [6.45, 7) is 0.556. The Balaban J connectivity index is 1.43. The van der Waals surface area contributed by atoms with E-state index in [0.29, 0.717) is 17.8 Å². The van der Waals surface area contributed by atoms with E-state index < -0.39 is 23.7 Å². The molecule has 0 radical (unpaired) electrons. The molecule has 0 saturated carbocycles. The van der Waals surface area contributed by atoms with Crippen LogP contribution in [0.25, 0.3) is 0 Å². The molecular formula is C25H21F3N4O2. The van der Waals surface area contributed by atoms with Crippen LogP contribution in [-0.2, 0) is 17.4 Å². The second-order valence-corrected chi connectivity index (χ2v) is 7.88. The van der Waals surface area contributed by atoms with E-state index in [9.17, 15) is 22.8 Å². The van der Waals surface area contributed by atoms with Crippen molar-refractivity contribution in [1.82, 2.24) is 4.90 Å². The van der Waals surface area contributed by atoms with E-state index in [2.05, 4.69) is 15.5 Å². The van der Waals surface area contributed by atoms with Crippen molar-refractivity contribution in [3.63, 3.8) is 0 Å². The number of carbonyl (C=O) groups is 2. The Morgan fingerprint density at radius 3 is 2.38 bits per heavy atom. The van der Waals surface area contributed by atoms with Crippen molar-refractivity contribution >= 4 is 23.2 Å². The number of nitrogens with zero attached hydrogens (tertiary/aromatic N) is 3. The summed E-state index contributed by atoms with van der Waals surface area (Å²) in [7, 11) is 1.73. The Morgan fingerprint density at radius 1 is 1.00 bits per heavy atom. The van der Waals surface area contributed by atoms with Crippen LogP contribution in [0.3, 0.4) is 0 Å². The number of carbonyl (C=O) groups excluding carboxylic acids is 2. The van der Waals surface area contributed by atoms with Crippen LogP contribution in [0.15, 0.2) is 83.0 Å². The molecule has 0 spiro atoms. The molecular weight excluding hydrogens is 445 g/mol. The van der Waals surface area contributed by atoms with Crippen molar-refractivity contribution in [2.75, 3.05) is 18.9 Å². The minimum atomic E-state index is -4.60. The average molecular weight is 466 g/mol. The molecule has 1 atom stereocenters. The zero-order valence-corrected chi connectivity index (χ0v) is 18.2. The molecule has 0 bridgehead atoms. The molecule has 1 aliphatic rings. The van der Waals surface area contributed by atoms with Crippen molar-refractivity contribution in [2.24, 2.45) is 10.2 Å². The number of azo groups is 1. The largest absolute Gasteiger partial charge is 0.418 e. The third kappa shape index (κ3) is 4.98. The van der Waals surface area contributed by atoms with Crippen molar-refractivity contribution < 1.29 is 22.8 Å². The molecule has 1 N–H and O–H groups in total. The van der Waals surface area contributed by atoms with Crippen LogP contribution in [0, 0.1) is 0 Å². The Hall–Kier alpha value is -4.01. The van der Waals surface area contributed by atoms with Crippen LogP contribution in [0.2, 0.25) is 0 Å². The summed E-state index contributed by atoms with van der Waals surface area (Å²) in [6.07, 6.45) is -3.86. The molecule has 0 aliphatic carbocycles. The van der Waals surface area contributed by atoms with Crippen LogP contribution in [-0.4, -0.2) is 30.3 Å². The first-order valence-electron chi connectivity index (χ1n) is 10.6. The second kappa shape index (κ2) is 9.46. The van der Waals surface area contributed by atoms with E-state index in [1.807, 2.05) is 30.3 Å². The predicted molar refractivity (Wildman–Crippen MR) is 121 cm³/mol. The van der Waals surface area contributed by atoms with E-state index in [-0.39, 0.29) is 17.2 Å². The van der Waals surface area contributed by atoms with Gasteiger partial charge < -0.3 is 10.2 Å². The first-order chi connectivity index (χ1) is 16.2. The standard InChI is InChI=1S/C25H21F3N4O2/c1-32(15-14-16-6-3-2-4-7-16)24(34)17-10-12-18(13-11-17)30-31-22-19-8-5-9-20(25(26,27)28)21(19)29-23(22)33/h2-13,22H,14-15H2,1H3,(H,29,33)/t22-/m0/s1. The molecule has 2 amide bonds. The lowest BCUT2D eigenvalue weighted by Crippen LogP contribution is -2.28. The Bertz CT molecular complexity index is 1230. The first-order valence-corrected chi connectivity index (χ1v) is 10.6. The van der Waals surface area contributed by atoms with Gasteiger partial charge in [-0.15, -0.1) is 0 Å². The Kier molecular flexibility index (Phi) is 6.45. The Labute approximate surface area is 194 Å². The molecule has 34 heavy (non-hydrogen) atoms. The van der Waals surface area contributed by atoms with E-state index >= 15 is 0 Å². The fourth-order valence-electron chi connectivity index (χ4n) is 3.68. The van der Waals surface area contributed by atoms with Gasteiger partial charge in [-0.05, 0) is 42.3 Å². The van der Waals surface area contributed by atoms with Gasteiger partial charge in [0, 0.05) is 24.7 Å². The normalized spacial score (nSPS) is 15.3. The quantitative estimate of drug-likeness (QED) is 0.467. The zero-order chi connectivity index (χ0) is 24.3. The topological polar surface area (TPSA) is 74.1 Å². The van der Waals surface area contributed by atoms with Gasteiger partial charge in [-0.3, -0.25) is 9.59 Å². The highest BCUT2D eigenvalue weighted by atomic mass is 19.4. The predicted octanol–water partition coefficient (Wildman–Crippen LogP) is 5.80. The number of nitrogens with one attached hydrogen (secondary N) is 1. The summed E-state index contributed by atoms with van der Waals surface area (Å²) in [6, 6.07) is 18.6. The molecule has 0 aromatic heterocycles. The summed E-state index contributed by atoms with van der Waals surface area (Å²) in [5, 5.41) is 10.2. The van der Waals surface area contributed by atoms with Gasteiger partial charge in [0.2, 0.25) is 0 Å². The van der Waals surface area contributed by atoms with Gasteiger partial charge in [-0.1, -0.05) is 42.5 Å². The summed E-state index contributed by atoms with van der Waals surface area (Å²) >= 11 is 0. The monoisotopic (exact) mass is 466 g/mol. The van der Waals surface area contributed by atoms with Crippen LogP contribution in [0.5, 0.6) is 0 Å². The lowest BCUT2D eigenvalue weighted by atomic mass is 10.0. The third-order valence-electron chi connectivity index (χ3n) is 5.52. The fourth-order valence-corrected chi connectivity index (χ4v) is 3.68. The molecule has 0 saturated heterocycles. The van der Waals surface area contributed by atoms with Gasteiger partial charge in [-0.25, -0.2) is 0 Å². The smallest absolute Gasteiger partial charge is 0.341 e. The number of alkyl halides is 3. The maximum Gasteiger partial charge on any atom is 0.418 e. The minimum absolute atomic E-state index is 0.121. The van der Waals surface area contributed by atoms with Crippen LogP contribution < -0.4 is 5.32 Å². The van der Waals surface area contributed by atoms with Gasteiger partial charge in [-0.2, -0.15) is 23.4 Å². The van der Waals surface area contributed by atoms with Crippen molar-refractivity contribution in [2.45, 2.75) is 18.6 Å². The number of amides is 2. The number of benzene rings is 3. The number of halogens is 3.